The Bertz CT molecular complexity index is 2730. The van der Waals surface area contributed by atoms with E-state index in [2.05, 4.69) is 10.4 Å². The molecule has 4 aromatic carbocycles. The number of rotatable bonds is 8. The Morgan fingerprint density at radius 2 is 1.56 bits per heavy atom. The van der Waals surface area contributed by atoms with Gasteiger partial charge in [0.1, 0.15) is 11.5 Å². The lowest BCUT2D eigenvalue weighted by Gasteiger charge is -2.50. The Balaban J connectivity index is 1.17. The second-order valence-corrected chi connectivity index (χ2v) is 16.4. The maximum Gasteiger partial charge on any atom is 0.417 e. The Morgan fingerprint density at radius 1 is 0.871 bits per heavy atom. The second-order valence-electron chi connectivity index (χ2n) is 15.6. The van der Waals surface area contributed by atoms with Gasteiger partial charge in [0.2, 0.25) is 11.8 Å². The minimum absolute atomic E-state index is 0.0694. The lowest BCUT2D eigenvalue weighted by molar-refractivity contribution is -0.139. The molecule has 314 valence electrons. The molecule has 0 unspecified atom stereocenters. The molecule has 2 saturated heterocycles. The average Bonchev–Trinajstić information content (AvgIpc) is 3.65. The van der Waals surface area contributed by atoms with Crippen LogP contribution in [-0.4, -0.2) is 51.6 Å². The van der Waals surface area contributed by atoms with E-state index in [9.17, 15) is 37.5 Å². The number of benzene rings is 4. The number of hydrogen-bond donors (Lipinski definition) is 2. The SMILES string of the molecule is COc1ccc(O)c([C@H]2C3=CC[C@@H]4C(=O)N(c5ccc(C(=O)c6ccccc6)cc5)C(=O)[C@@H]4[C@@H]3C[C@H]3C(=O)N(Nc4ncc(C(F)(F)F)cc4Cl)C(=O)[C@@]23c2ccc(Cl)cc2)c1. The number of allylic oxidation sites excluding steroid dienone is 2. The molecule has 11 nitrogen and oxygen atoms in total. The molecule has 5 aromatic rings. The molecule has 0 radical (unpaired) electrons. The van der Waals surface area contributed by atoms with Gasteiger partial charge in [-0.15, -0.1) is 0 Å². The van der Waals surface area contributed by atoms with Crippen molar-refractivity contribution >= 4 is 64.1 Å². The number of methoxy groups -OCH3 is 1. The molecule has 0 spiro atoms. The standard InChI is InChI=1S/C46H33Cl2F3N4O7/c1-62-29-15-18-36(56)33(20-29)38-30-16-17-31-37(43(60)54(41(31)58)28-13-7-24(8-14-28)39(57)23-5-3-2-4-6-23)32(30)21-34-42(59)55(44(61)45(34,38)25-9-11-27(47)12-10-25)53-40-35(48)19-26(22-52-40)46(49,50)51/h2-16,18-20,22,31-32,34,37-38,56H,17,21H2,1H3,(H,52,53)/t31-,32+,34-,37-,38+,45+/m0/s1. The van der Waals surface area contributed by atoms with Gasteiger partial charge >= 0.3 is 6.18 Å². The van der Waals surface area contributed by atoms with Gasteiger partial charge in [-0.05, 0) is 85.0 Å². The largest absolute Gasteiger partial charge is 0.508 e. The molecule has 2 N–H and O–H groups in total. The van der Waals surface area contributed by atoms with Crippen molar-refractivity contribution in [1.29, 1.82) is 0 Å². The van der Waals surface area contributed by atoms with Gasteiger partial charge in [0.25, 0.3) is 11.8 Å². The number of aromatic hydroxyl groups is 1. The van der Waals surface area contributed by atoms with Gasteiger partial charge in [-0.3, -0.25) is 34.3 Å². The fourth-order valence-corrected chi connectivity index (χ4v) is 10.1. The van der Waals surface area contributed by atoms with E-state index in [1.54, 1.807) is 78.9 Å². The van der Waals surface area contributed by atoms with Crippen LogP contribution in [0.15, 0.2) is 121 Å². The fourth-order valence-electron chi connectivity index (χ4n) is 9.79. The highest BCUT2D eigenvalue weighted by atomic mass is 35.5. The summed E-state index contributed by atoms with van der Waals surface area (Å²) >= 11 is 12.6. The number of aromatic nitrogens is 1. The van der Waals surface area contributed by atoms with Crippen LogP contribution in [0.4, 0.5) is 24.7 Å². The summed E-state index contributed by atoms with van der Waals surface area (Å²) in [5, 5.41) is 12.1. The van der Waals surface area contributed by atoms with E-state index in [1.807, 2.05) is 0 Å². The van der Waals surface area contributed by atoms with Gasteiger partial charge in [-0.2, -0.15) is 18.2 Å². The van der Waals surface area contributed by atoms with Crippen molar-refractivity contribution in [3.63, 3.8) is 0 Å². The Morgan fingerprint density at radius 3 is 2.23 bits per heavy atom. The van der Waals surface area contributed by atoms with E-state index < -0.39 is 81.2 Å². The third-order valence-corrected chi connectivity index (χ3v) is 13.1. The Kier molecular flexibility index (Phi) is 9.98. The van der Waals surface area contributed by atoms with Crippen LogP contribution in [-0.2, 0) is 30.8 Å². The first kappa shape index (κ1) is 40.9. The van der Waals surface area contributed by atoms with Crippen LogP contribution in [0, 0.1) is 23.7 Å². The van der Waals surface area contributed by atoms with Crippen molar-refractivity contribution in [2.75, 3.05) is 17.4 Å². The highest BCUT2D eigenvalue weighted by molar-refractivity contribution is 6.33. The molecular formula is C46H33Cl2F3N4O7. The third kappa shape index (κ3) is 6.34. The van der Waals surface area contributed by atoms with Gasteiger partial charge in [-0.1, -0.05) is 77.3 Å². The van der Waals surface area contributed by atoms with Crippen molar-refractivity contribution in [2.24, 2.45) is 23.7 Å². The molecule has 4 aliphatic rings. The summed E-state index contributed by atoms with van der Waals surface area (Å²) in [5.74, 6) is -8.47. The van der Waals surface area contributed by atoms with Gasteiger partial charge in [0.05, 0.1) is 46.6 Å². The minimum atomic E-state index is -4.78. The molecule has 6 atom stereocenters. The van der Waals surface area contributed by atoms with Crippen LogP contribution >= 0.6 is 23.2 Å². The number of imide groups is 2. The quantitative estimate of drug-likeness (QED) is 0.0890. The summed E-state index contributed by atoms with van der Waals surface area (Å²) in [6, 6.07) is 26.1. The van der Waals surface area contributed by atoms with Crippen LogP contribution in [0.5, 0.6) is 11.5 Å². The molecule has 0 bridgehead atoms. The molecule has 3 heterocycles. The summed E-state index contributed by atoms with van der Waals surface area (Å²) in [7, 11) is 1.42. The smallest absolute Gasteiger partial charge is 0.417 e. The monoisotopic (exact) mass is 880 g/mol. The zero-order valence-corrected chi connectivity index (χ0v) is 33.9. The van der Waals surface area contributed by atoms with E-state index in [4.69, 9.17) is 27.9 Å². The topological polar surface area (TPSA) is 146 Å². The lowest BCUT2D eigenvalue weighted by atomic mass is 9.49. The number of alkyl halides is 3. The number of hydrazine groups is 1. The number of carbonyl (C=O) groups is 5. The predicted molar refractivity (Wildman–Crippen MR) is 220 cm³/mol. The molecule has 1 aromatic heterocycles. The molecule has 62 heavy (non-hydrogen) atoms. The first-order valence-corrected chi connectivity index (χ1v) is 20.2. The number of fused-ring (bicyclic) bond motifs is 4. The van der Waals surface area contributed by atoms with Crippen molar-refractivity contribution in [1.82, 2.24) is 9.99 Å². The van der Waals surface area contributed by atoms with Crippen molar-refractivity contribution in [3.05, 3.63) is 159 Å². The van der Waals surface area contributed by atoms with Gasteiger partial charge in [-0.25, -0.2) is 4.98 Å². The number of carbonyl (C=O) groups excluding carboxylic acids is 5. The maximum atomic E-state index is 15.4. The summed E-state index contributed by atoms with van der Waals surface area (Å²) in [4.78, 5) is 77.6. The normalized spacial score (nSPS) is 24.4. The van der Waals surface area contributed by atoms with Crippen LogP contribution in [0.2, 0.25) is 10.0 Å². The number of pyridine rings is 1. The average molecular weight is 882 g/mol. The summed E-state index contributed by atoms with van der Waals surface area (Å²) in [5.41, 5.74) is 1.64. The van der Waals surface area contributed by atoms with Gasteiger partial charge < -0.3 is 9.84 Å². The zero-order valence-electron chi connectivity index (χ0n) is 32.4. The number of anilines is 2. The highest BCUT2D eigenvalue weighted by Crippen LogP contribution is 2.65. The summed E-state index contributed by atoms with van der Waals surface area (Å²) in [6.07, 6.45) is -2.54. The number of hydrogen-bond acceptors (Lipinski definition) is 9. The molecule has 2 aliphatic carbocycles. The number of phenols is 1. The number of nitrogens with zero attached hydrogens (tertiary/aromatic N) is 3. The van der Waals surface area contributed by atoms with E-state index in [-0.39, 0.29) is 35.6 Å². The number of nitrogens with one attached hydrogen (secondary N) is 1. The predicted octanol–water partition coefficient (Wildman–Crippen LogP) is 8.54. The van der Waals surface area contributed by atoms with E-state index >= 15 is 4.79 Å². The molecule has 16 heteroatoms. The summed E-state index contributed by atoms with van der Waals surface area (Å²) in [6.45, 7) is 0. The van der Waals surface area contributed by atoms with Crippen molar-refractivity contribution in [3.8, 4) is 11.5 Å². The highest BCUT2D eigenvalue weighted by Gasteiger charge is 2.71. The van der Waals surface area contributed by atoms with Crippen LogP contribution in [0.3, 0.4) is 0 Å². The van der Waals surface area contributed by atoms with Crippen LogP contribution < -0.4 is 15.1 Å². The lowest BCUT2D eigenvalue weighted by Crippen LogP contribution is -2.53. The van der Waals surface area contributed by atoms with Crippen LogP contribution in [0.25, 0.3) is 0 Å². The molecule has 1 saturated carbocycles. The Labute approximate surface area is 361 Å². The number of phenolic OH excluding ortho intramolecular Hbond substituents is 1. The molecular weight excluding hydrogens is 848 g/mol. The minimum Gasteiger partial charge on any atom is -0.508 e. The van der Waals surface area contributed by atoms with E-state index in [1.165, 1.54) is 31.4 Å². The number of ketones is 1. The number of ether oxygens (including phenoxy) is 1. The molecule has 9 rings (SSSR count). The van der Waals surface area contributed by atoms with Crippen LogP contribution in [0.1, 0.15) is 51.4 Å². The first-order valence-electron chi connectivity index (χ1n) is 19.4. The zero-order chi connectivity index (χ0) is 43.8. The van der Waals surface area contributed by atoms with E-state index in [0.717, 1.165) is 4.90 Å². The Hall–Kier alpha value is -6.51. The molecule has 2 aliphatic heterocycles. The maximum absolute atomic E-state index is 15.4. The summed E-state index contributed by atoms with van der Waals surface area (Å²) < 4.78 is 46.2. The van der Waals surface area contributed by atoms with E-state index in [0.29, 0.717) is 50.3 Å². The third-order valence-electron chi connectivity index (χ3n) is 12.5. The number of amides is 4. The van der Waals surface area contributed by atoms with Gasteiger partial charge in [0.15, 0.2) is 11.6 Å². The second kappa shape index (κ2) is 15.1. The number of halogens is 5. The fraction of sp³-hybridized carbons (Fsp3) is 0.217. The van der Waals surface area contributed by atoms with Crippen molar-refractivity contribution in [2.45, 2.75) is 30.4 Å². The van der Waals surface area contributed by atoms with Gasteiger partial charge in [0, 0.05) is 33.8 Å². The molecule has 3 fully saturated rings. The van der Waals surface area contributed by atoms with Crippen molar-refractivity contribution < 1.29 is 47.0 Å². The first-order chi connectivity index (χ1) is 29.6. The molecule has 4 amide bonds.